The number of aromatic nitrogens is 1. The maximum absolute atomic E-state index is 11.0. The van der Waals surface area contributed by atoms with Gasteiger partial charge in [0, 0.05) is 18.7 Å². The summed E-state index contributed by atoms with van der Waals surface area (Å²) in [4.78, 5) is 21.9. The number of nitrogens with one attached hydrogen (secondary N) is 1. The van der Waals surface area contributed by atoms with Crippen molar-refractivity contribution in [1.82, 2.24) is 4.68 Å². The third kappa shape index (κ3) is 1.95. The van der Waals surface area contributed by atoms with E-state index in [1.165, 1.54) is 12.3 Å². The average molecular weight is 166 g/mol. The molecule has 0 aromatic carbocycles. The summed E-state index contributed by atoms with van der Waals surface area (Å²) in [5.41, 5.74) is 2.19. The molecule has 0 aliphatic carbocycles. The topological polar surface area (TPSA) is 51.1 Å². The Balaban J connectivity index is 2.83. The Hall–Kier alpha value is -1.58. The molecule has 1 N–H and O–H groups in total. The highest BCUT2D eigenvalue weighted by molar-refractivity contribution is 5.83. The Bertz CT molecular complexity index is 330. The van der Waals surface area contributed by atoms with Gasteiger partial charge in [0.2, 0.25) is 5.91 Å². The number of pyridine rings is 1. The van der Waals surface area contributed by atoms with Crippen LogP contribution in [0.4, 0.5) is 0 Å². The lowest BCUT2D eigenvalue weighted by Gasteiger charge is -2.04. The molecule has 4 heteroatoms. The first kappa shape index (κ1) is 8.52. The third-order valence-electron chi connectivity index (χ3n) is 1.39. The van der Waals surface area contributed by atoms with Crippen LogP contribution in [0.25, 0.3) is 0 Å². The Kier molecular flexibility index (Phi) is 2.63. The van der Waals surface area contributed by atoms with E-state index in [4.69, 9.17) is 0 Å². The maximum Gasteiger partial charge on any atom is 0.269 e. The molecule has 1 amide bonds. The van der Waals surface area contributed by atoms with Crippen LogP contribution in [-0.2, 0) is 4.79 Å². The van der Waals surface area contributed by atoms with Crippen LogP contribution in [-0.4, -0.2) is 10.6 Å². The average Bonchev–Trinajstić information content (AvgIpc) is 2.09. The molecule has 1 rings (SSSR count). The van der Waals surface area contributed by atoms with Gasteiger partial charge in [-0.25, -0.2) is 4.68 Å². The molecule has 0 saturated carbocycles. The lowest BCUT2D eigenvalue weighted by Crippen LogP contribution is -2.31. The van der Waals surface area contributed by atoms with Crippen LogP contribution < -0.4 is 11.0 Å². The second-order valence-corrected chi connectivity index (χ2v) is 2.30. The van der Waals surface area contributed by atoms with Crippen molar-refractivity contribution in [1.29, 1.82) is 0 Å². The summed E-state index contributed by atoms with van der Waals surface area (Å²) in [6.07, 6.45) is 1.87. The van der Waals surface area contributed by atoms with Crippen molar-refractivity contribution >= 4 is 5.91 Å². The Morgan fingerprint density at radius 1 is 1.58 bits per heavy atom. The van der Waals surface area contributed by atoms with Crippen molar-refractivity contribution in [2.24, 2.45) is 0 Å². The van der Waals surface area contributed by atoms with E-state index in [1.54, 1.807) is 19.1 Å². The molecule has 4 nitrogen and oxygen atoms in total. The lowest BCUT2D eigenvalue weighted by atomic mass is 10.5. The molecule has 0 aliphatic rings. The normalized spacial score (nSPS) is 9.42. The van der Waals surface area contributed by atoms with E-state index in [0.29, 0.717) is 6.42 Å². The van der Waals surface area contributed by atoms with E-state index < -0.39 is 0 Å². The monoisotopic (exact) mass is 166 g/mol. The van der Waals surface area contributed by atoms with Crippen LogP contribution in [0.15, 0.2) is 29.2 Å². The van der Waals surface area contributed by atoms with Gasteiger partial charge >= 0.3 is 0 Å². The highest BCUT2D eigenvalue weighted by atomic mass is 16.2. The van der Waals surface area contributed by atoms with E-state index in [-0.39, 0.29) is 11.5 Å². The van der Waals surface area contributed by atoms with Gasteiger partial charge in [0.25, 0.3) is 5.56 Å². The number of hydrogen-bond acceptors (Lipinski definition) is 2. The van der Waals surface area contributed by atoms with Gasteiger partial charge in [-0.3, -0.25) is 15.0 Å². The Morgan fingerprint density at radius 3 is 2.92 bits per heavy atom. The van der Waals surface area contributed by atoms with Crippen LogP contribution in [0.5, 0.6) is 0 Å². The van der Waals surface area contributed by atoms with E-state index in [2.05, 4.69) is 5.43 Å². The summed E-state index contributed by atoms with van der Waals surface area (Å²) >= 11 is 0. The molecule has 1 aromatic heterocycles. The van der Waals surface area contributed by atoms with Crippen molar-refractivity contribution in [3.05, 3.63) is 34.7 Å². The molecular weight excluding hydrogens is 156 g/mol. The van der Waals surface area contributed by atoms with Gasteiger partial charge in [-0.1, -0.05) is 13.0 Å². The smallest absolute Gasteiger partial charge is 0.269 e. The third-order valence-corrected chi connectivity index (χ3v) is 1.39. The second kappa shape index (κ2) is 3.71. The van der Waals surface area contributed by atoms with Crippen molar-refractivity contribution in [3.63, 3.8) is 0 Å². The zero-order chi connectivity index (χ0) is 8.97. The van der Waals surface area contributed by atoms with Gasteiger partial charge in [-0.15, -0.1) is 0 Å². The number of rotatable bonds is 2. The van der Waals surface area contributed by atoms with Crippen LogP contribution in [0.1, 0.15) is 13.3 Å². The van der Waals surface area contributed by atoms with Crippen LogP contribution in [0.2, 0.25) is 0 Å². The fourth-order valence-electron chi connectivity index (χ4n) is 0.733. The zero-order valence-electron chi connectivity index (χ0n) is 6.78. The summed E-state index contributed by atoms with van der Waals surface area (Å²) in [6.45, 7) is 1.73. The minimum atomic E-state index is -0.237. The maximum atomic E-state index is 11.0. The molecule has 1 aromatic rings. The van der Waals surface area contributed by atoms with Gasteiger partial charge < -0.3 is 0 Å². The summed E-state index contributed by atoms with van der Waals surface area (Å²) in [6, 6.07) is 4.68. The van der Waals surface area contributed by atoms with Crippen LogP contribution >= 0.6 is 0 Å². The molecule has 0 spiro atoms. The molecule has 1 heterocycles. The molecule has 0 aliphatic heterocycles. The fraction of sp³-hybridized carbons (Fsp3) is 0.250. The summed E-state index contributed by atoms with van der Waals surface area (Å²) < 4.78 is 1.16. The summed E-state index contributed by atoms with van der Waals surface area (Å²) in [5, 5.41) is 0. The number of carbonyl (C=O) groups is 1. The van der Waals surface area contributed by atoms with E-state index in [0.717, 1.165) is 4.68 Å². The van der Waals surface area contributed by atoms with Gasteiger partial charge in [0.15, 0.2) is 0 Å². The SMILES string of the molecule is CCC(=O)Nn1ccccc1=O. The fourth-order valence-corrected chi connectivity index (χ4v) is 0.733. The molecule has 12 heavy (non-hydrogen) atoms. The van der Waals surface area contributed by atoms with Crippen molar-refractivity contribution < 1.29 is 4.79 Å². The molecule has 0 saturated heterocycles. The molecule has 64 valence electrons. The summed E-state index contributed by atoms with van der Waals surface area (Å²) in [7, 11) is 0. The van der Waals surface area contributed by atoms with Gasteiger partial charge in [0.1, 0.15) is 0 Å². The van der Waals surface area contributed by atoms with Crippen molar-refractivity contribution in [2.45, 2.75) is 13.3 Å². The largest absolute Gasteiger partial charge is 0.273 e. The zero-order valence-corrected chi connectivity index (χ0v) is 6.78. The lowest BCUT2D eigenvalue weighted by molar-refractivity contribution is -0.116. The minimum absolute atomic E-state index is 0.177. The quantitative estimate of drug-likeness (QED) is 0.688. The van der Waals surface area contributed by atoms with Gasteiger partial charge in [-0.05, 0) is 6.07 Å². The van der Waals surface area contributed by atoms with Gasteiger partial charge in [-0.2, -0.15) is 0 Å². The van der Waals surface area contributed by atoms with Crippen molar-refractivity contribution in [2.75, 3.05) is 5.43 Å². The highest BCUT2D eigenvalue weighted by Gasteiger charge is 1.97. The second-order valence-electron chi connectivity index (χ2n) is 2.30. The molecule has 0 radical (unpaired) electrons. The van der Waals surface area contributed by atoms with Crippen LogP contribution in [0.3, 0.4) is 0 Å². The van der Waals surface area contributed by atoms with E-state index in [1.807, 2.05) is 0 Å². The molecule has 0 bridgehead atoms. The number of hydrogen-bond donors (Lipinski definition) is 1. The van der Waals surface area contributed by atoms with E-state index in [9.17, 15) is 9.59 Å². The number of carbonyl (C=O) groups excluding carboxylic acids is 1. The first-order valence-electron chi connectivity index (χ1n) is 3.71. The molecule has 0 atom stereocenters. The number of nitrogens with zero attached hydrogens (tertiary/aromatic N) is 1. The predicted octanol–water partition coefficient (Wildman–Crippen LogP) is 0.328. The van der Waals surface area contributed by atoms with Crippen LogP contribution in [0, 0.1) is 0 Å². The minimum Gasteiger partial charge on any atom is -0.273 e. The molecular formula is C8H10N2O2. The molecule has 0 fully saturated rings. The van der Waals surface area contributed by atoms with E-state index >= 15 is 0 Å². The summed E-state index contributed by atoms with van der Waals surface area (Å²) in [5.74, 6) is -0.177. The Labute approximate surface area is 69.8 Å². The first-order chi connectivity index (χ1) is 5.74. The van der Waals surface area contributed by atoms with Crippen molar-refractivity contribution in [3.8, 4) is 0 Å². The highest BCUT2D eigenvalue weighted by Crippen LogP contribution is 1.80. The standard InChI is InChI=1S/C8H10N2O2/c1-2-7(11)9-10-6-4-3-5-8(10)12/h3-6H,2H2,1H3,(H,9,11). The van der Waals surface area contributed by atoms with Gasteiger partial charge in [0.05, 0.1) is 0 Å². The first-order valence-corrected chi connectivity index (χ1v) is 3.71. The predicted molar refractivity (Wildman–Crippen MR) is 45.4 cm³/mol. The number of amides is 1. The molecule has 0 unspecified atom stereocenters. The Morgan fingerprint density at radius 2 is 2.33 bits per heavy atom.